The van der Waals surface area contributed by atoms with Gasteiger partial charge in [-0.1, -0.05) is 48.4 Å². The average molecular weight is 276 g/mol. The van der Waals surface area contributed by atoms with Crippen molar-refractivity contribution < 1.29 is 5.48 Å². The molecule has 1 aliphatic rings. The summed E-state index contributed by atoms with van der Waals surface area (Å²) in [5.74, 6) is 2.77. The largest absolute Gasteiger partial charge is 0.152 e. The van der Waals surface area contributed by atoms with Gasteiger partial charge in [-0.15, -0.1) is 0 Å². The van der Waals surface area contributed by atoms with Crippen LogP contribution in [0.5, 0.6) is 0 Å². The number of benzene rings is 2. The predicted octanol–water partition coefficient (Wildman–Crippen LogP) is 4.87. The van der Waals surface area contributed by atoms with Crippen molar-refractivity contribution in [2.24, 2.45) is 0 Å². The van der Waals surface area contributed by atoms with Gasteiger partial charge in [0.2, 0.25) is 0 Å². The van der Waals surface area contributed by atoms with Gasteiger partial charge in [-0.3, -0.25) is 0 Å². The maximum Gasteiger partial charge on any atom is 0.0629 e. The van der Waals surface area contributed by atoms with E-state index in [0.29, 0.717) is 22.6 Å². The number of hydrogen-bond acceptors (Lipinski definition) is 2. The maximum absolute atomic E-state index is 8.32. The summed E-state index contributed by atoms with van der Waals surface area (Å²) in [6.45, 7) is 0. The first kappa shape index (κ1) is 8.34. The van der Waals surface area contributed by atoms with Crippen molar-refractivity contribution in [3.63, 3.8) is 0 Å². The highest BCUT2D eigenvalue weighted by molar-refractivity contribution is 7.98. The molecule has 92 valence electrons. The van der Waals surface area contributed by atoms with Crippen LogP contribution in [0.1, 0.15) is 27.7 Å². The van der Waals surface area contributed by atoms with Crippen molar-refractivity contribution in [2.75, 3.05) is 0 Å². The highest BCUT2D eigenvalue weighted by Crippen LogP contribution is 2.24. The lowest BCUT2D eigenvalue weighted by Gasteiger charge is -2.09. The van der Waals surface area contributed by atoms with Crippen LogP contribution in [0.15, 0.2) is 48.4 Å². The van der Waals surface area contributed by atoms with E-state index in [-0.39, 0.29) is 24.2 Å². The second-order valence-corrected chi connectivity index (χ2v) is 6.23. The Balaban J connectivity index is 2.02. The number of fused-ring (bicyclic) bond motifs is 4. The molecule has 4 bridgehead atoms. The standard InChI is InChI=1S/C16H16S2/c1-3-13-7-14(4-1)10-18-12-16-6-2-5-15(8-16)11-17-9-13/h1-8H,9-12H2/i1D,3D,4D,7D. The molecule has 0 N–H and O–H groups in total. The summed E-state index contributed by atoms with van der Waals surface area (Å²) in [7, 11) is 0. The van der Waals surface area contributed by atoms with Gasteiger partial charge in [0.15, 0.2) is 0 Å². The Kier molecular flexibility index (Phi) is 2.71. The molecule has 3 rings (SSSR count). The summed E-state index contributed by atoms with van der Waals surface area (Å²) in [6.07, 6.45) is 0. The summed E-state index contributed by atoms with van der Waals surface area (Å²) >= 11 is 3.33. The Morgan fingerprint density at radius 2 is 1.39 bits per heavy atom. The van der Waals surface area contributed by atoms with Gasteiger partial charge in [0.25, 0.3) is 0 Å². The summed E-state index contributed by atoms with van der Waals surface area (Å²) in [6, 6.07) is 8.81. The third kappa shape index (κ3) is 3.12. The van der Waals surface area contributed by atoms with Gasteiger partial charge in [0, 0.05) is 23.0 Å². The van der Waals surface area contributed by atoms with Crippen LogP contribution in [0.4, 0.5) is 0 Å². The predicted molar refractivity (Wildman–Crippen MR) is 82.9 cm³/mol. The summed E-state index contributed by atoms with van der Waals surface area (Å²) in [5.41, 5.74) is 3.70. The molecular weight excluding hydrogens is 256 g/mol. The Morgan fingerprint density at radius 1 is 0.833 bits per heavy atom. The molecule has 1 heterocycles. The number of rotatable bonds is 0. The molecule has 0 fully saturated rings. The first-order chi connectivity index (χ1) is 10.6. The number of hydrogen-bond donors (Lipinski definition) is 0. The second kappa shape index (κ2) is 5.85. The van der Waals surface area contributed by atoms with Gasteiger partial charge < -0.3 is 0 Å². The Bertz CT molecular complexity index is 663. The Labute approximate surface area is 123 Å². The molecule has 2 aromatic carbocycles. The molecule has 0 aliphatic carbocycles. The maximum atomic E-state index is 8.32. The van der Waals surface area contributed by atoms with E-state index in [4.69, 9.17) is 5.48 Å². The molecule has 0 spiro atoms. The molecule has 0 amide bonds. The van der Waals surface area contributed by atoms with Crippen LogP contribution in [-0.4, -0.2) is 0 Å². The van der Waals surface area contributed by atoms with Crippen molar-refractivity contribution in [2.45, 2.75) is 23.0 Å². The fourth-order valence-corrected chi connectivity index (χ4v) is 3.65. The summed E-state index contributed by atoms with van der Waals surface area (Å²) in [4.78, 5) is 0. The highest BCUT2D eigenvalue weighted by Gasteiger charge is 2.03. The molecule has 0 radical (unpaired) electrons. The van der Waals surface area contributed by atoms with E-state index in [1.54, 1.807) is 23.5 Å². The van der Waals surface area contributed by atoms with Crippen molar-refractivity contribution in [3.8, 4) is 0 Å². The first-order valence-electron chi connectivity index (χ1n) is 7.89. The zero-order valence-electron chi connectivity index (χ0n) is 14.0. The molecule has 2 aromatic rings. The van der Waals surface area contributed by atoms with E-state index >= 15 is 0 Å². The van der Waals surface area contributed by atoms with E-state index in [1.807, 2.05) is 0 Å². The molecule has 0 atom stereocenters. The second-order valence-electron chi connectivity index (χ2n) is 4.26. The minimum atomic E-state index is -0.0437. The van der Waals surface area contributed by atoms with Crippen LogP contribution in [0.2, 0.25) is 0 Å². The van der Waals surface area contributed by atoms with Crippen LogP contribution < -0.4 is 0 Å². The van der Waals surface area contributed by atoms with E-state index in [1.165, 1.54) is 11.1 Å². The molecule has 2 heteroatoms. The first-order valence-corrected chi connectivity index (χ1v) is 8.20. The van der Waals surface area contributed by atoms with Crippen LogP contribution in [0.3, 0.4) is 0 Å². The van der Waals surface area contributed by atoms with Gasteiger partial charge in [0.1, 0.15) is 0 Å². The van der Waals surface area contributed by atoms with Crippen LogP contribution in [-0.2, 0) is 23.0 Å². The monoisotopic (exact) mass is 276 g/mol. The molecular formula is C16H16S2. The van der Waals surface area contributed by atoms with Gasteiger partial charge in [-0.2, -0.15) is 23.5 Å². The van der Waals surface area contributed by atoms with Gasteiger partial charge >= 0.3 is 0 Å². The van der Waals surface area contributed by atoms with Gasteiger partial charge in [0.05, 0.1) is 5.48 Å². The lowest BCUT2D eigenvalue weighted by atomic mass is 10.2. The Hall–Kier alpha value is -0.860. The molecule has 18 heavy (non-hydrogen) atoms. The zero-order valence-corrected chi connectivity index (χ0v) is 11.6. The lowest BCUT2D eigenvalue weighted by molar-refractivity contribution is 1.28. The van der Waals surface area contributed by atoms with Gasteiger partial charge in [-0.05, 0) is 22.3 Å². The molecule has 0 nitrogen and oxygen atoms in total. The minimum Gasteiger partial charge on any atom is -0.152 e. The van der Waals surface area contributed by atoms with Crippen LogP contribution >= 0.6 is 23.5 Å². The third-order valence-electron chi connectivity index (χ3n) is 2.75. The van der Waals surface area contributed by atoms with E-state index in [0.717, 1.165) is 11.5 Å². The van der Waals surface area contributed by atoms with Crippen molar-refractivity contribution in [1.82, 2.24) is 0 Å². The quantitative estimate of drug-likeness (QED) is 0.673. The topological polar surface area (TPSA) is 0 Å². The molecule has 0 unspecified atom stereocenters. The average Bonchev–Trinajstić information content (AvgIpc) is 2.51. The van der Waals surface area contributed by atoms with E-state index in [2.05, 4.69) is 24.3 Å². The summed E-state index contributed by atoms with van der Waals surface area (Å²) < 4.78 is 32.4. The summed E-state index contributed by atoms with van der Waals surface area (Å²) in [5, 5.41) is 0. The third-order valence-corrected chi connectivity index (χ3v) is 4.81. The molecule has 0 aromatic heterocycles. The number of thioether (sulfide) groups is 2. The molecule has 1 aliphatic heterocycles. The van der Waals surface area contributed by atoms with Crippen molar-refractivity contribution in [1.29, 1.82) is 0 Å². The van der Waals surface area contributed by atoms with E-state index in [9.17, 15) is 0 Å². The van der Waals surface area contributed by atoms with Crippen molar-refractivity contribution in [3.05, 3.63) is 70.7 Å². The fraction of sp³-hybridized carbons (Fsp3) is 0.250. The van der Waals surface area contributed by atoms with Crippen LogP contribution in [0.25, 0.3) is 0 Å². The Morgan fingerprint density at radius 3 is 2.00 bits per heavy atom. The molecule has 0 saturated heterocycles. The lowest BCUT2D eigenvalue weighted by Crippen LogP contribution is -1.91. The zero-order chi connectivity index (χ0) is 15.7. The van der Waals surface area contributed by atoms with Crippen LogP contribution in [0, 0.1) is 0 Å². The SMILES string of the molecule is [2H]c1c([2H])c2c([2H])c(c1[2H])CSCc1cccc(c1)CSC2. The van der Waals surface area contributed by atoms with Gasteiger partial charge in [-0.25, -0.2) is 0 Å². The van der Waals surface area contributed by atoms with Crippen molar-refractivity contribution >= 4 is 23.5 Å². The normalized spacial score (nSPS) is 18.7. The fourth-order valence-electron chi connectivity index (χ4n) is 1.92. The van der Waals surface area contributed by atoms with E-state index < -0.39 is 0 Å². The highest BCUT2D eigenvalue weighted by atomic mass is 32.2. The smallest absolute Gasteiger partial charge is 0.0629 e. The molecule has 0 saturated carbocycles. The minimum absolute atomic E-state index is 0.0436.